The van der Waals surface area contributed by atoms with Gasteiger partial charge in [-0.2, -0.15) is 9.61 Å². The summed E-state index contributed by atoms with van der Waals surface area (Å²) in [6.45, 7) is 7.49. The lowest BCUT2D eigenvalue weighted by atomic mass is 10.1. The number of rotatable bonds is 4. The average molecular weight is 320 g/mol. The monoisotopic (exact) mass is 320 g/mol. The first-order valence-corrected chi connectivity index (χ1v) is 8.85. The maximum Gasteiger partial charge on any atom is 0.165 e. The number of nitrogens with zero attached hydrogens (tertiary/aromatic N) is 3. The summed E-state index contributed by atoms with van der Waals surface area (Å²) in [6, 6.07) is 10.5. The van der Waals surface area contributed by atoms with Crippen LogP contribution in [0.1, 0.15) is 37.2 Å². The molecule has 0 unspecified atom stereocenters. The lowest BCUT2D eigenvalue weighted by Crippen LogP contribution is -2.14. The van der Waals surface area contributed by atoms with E-state index in [-0.39, 0.29) is 0 Å². The second kappa shape index (κ2) is 5.93. The highest BCUT2D eigenvalue weighted by molar-refractivity contribution is 5.81. The van der Waals surface area contributed by atoms with E-state index in [1.807, 2.05) is 10.6 Å². The van der Waals surface area contributed by atoms with E-state index >= 15 is 0 Å². The van der Waals surface area contributed by atoms with E-state index in [0.29, 0.717) is 5.92 Å². The van der Waals surface area contributed by atoms with Crippen LogP contribution < -0.4 is 5.32 Å². The Balaban J connectivity index is 1.94. The number of hydrogen-bond acceptors (Lipinski definition) is 3. The molecule has 1 aromatic carbocycles. The number of benzene rings is 1. The topological polar surface area (TPSA) is 42.2 Å². The van der Waals surface area contributed by atoms with E-state index in [9.17, 15) is 0 Å². The number of anilines is 1. The van der Waals surface area contributed by atoms with E-state index in [1.165, 1.54) is 23.2 Å². The zero-order chi connectivity index (χ0) is 16.7. The van der Waals surface area contributed by atoms with Gasteiger partial charge >= 0.3 is 0 Å². The molecule has 1 aliphatic carbocycles. The summed E-state index contributed by atoms with van der Waals surface area (Å²) in [6.07, 6.45) is 3.35. The first-order chi connectivity index (χ1) is 11.6. The summed E-state index contributed by atoms with van der Waals surface area (Å²) >= 11 is 0. The Hall–Kier alpha value is -2.36. The molecule has 4 heteroatoms. The SMILES string of the molecule is Cc1nn2c(NCC(C)C)c3c(nc2c1-c1ccccc1)CCC3. The highest BCUT2D eigenvalue weighted by atomic mass is 15.3. The van der Waals surface area contributed by atoms with E-state index < -0.39 is 0 Å². The van der Waals surface area contributed by atoms with Crippen molar-refractivity contribution < 1.29 is 0 Å². The fourth-order valence-corrected chi connectivity index (χ4v) is 3.56. The number of aromatic nitrogens is 3. The van der Waals surface area contributed by atoms with Crippen molar-refractivity contribution in [2.24, 2.45) is 5.92 Å². The van der Waals surface area contributed by atoms with E-state index in [1.54, 1.807) is 0 Å². The van der Waals surface area contributed by atoms with Crippen LogP contribution in [0.15, 0.2) is 30.3 Å². The van der Waals surface area contributed by atoms with Crippen LogP contribution in [0.5, 0.6) is 0 Å². The number of fused-ring (bicyclic) bond motifs is 2. The molecule has 0 bridgehead atoms. The van der Waals surface area contributed by atoms with Crippen LogP contribution in [-0.2, 0) is 12.8 Å². The van der Waals surface area contributed by atoms with Gasteiger partial charge in [0.15, 0.2) is 5.65 Å². The fourth-order valence-electron chi connectivity index (χ4n) is 3.56. The van der Waals surface area contributed by atoms with Gasteiger partial charge in [-0.25, -0.2) is 4.98 Å². The molecule has 0 radical (unpaired) electrons. The molecule has 124 valence electrons. The highest BCUT2D eigenvalue weighted by Crippen LogP contribution is 2.34. The van der Waals surface area contributed by atoms with Crippen LogP contribution in [0.2, 0.25) is 0 Å². The van der Waals surface area contributed by atoms with Gasteiger partial charge in [0.1, 0.15) is 5.82 Å². The number of nitrogens with one attached hydrogen (secondary N) is 1. The van der Waals surface area contributed by atoms with Crippen LogP contribution >= 0.6 is 0 Å². The molecule has 0 fully saturated rings. The minimum atomic E-state index is 0.593. The summed E-state index contributed by atoms with van der Waals surface area (Å²) < 4.78 is 2.03. The first-order valence-electron chi connectivity index (χ1n) is 8.85. The molecule has 2 aromatic heterocycles. The van der Waals surface area contributed by atoms with Gasteiger partial charge in [0.25, 0.3) is 0 Å². The van der Waals surface area contributed by atoms with Crippen LogP contribution in [0.3, 0.4) is 0 Å². The minimum Gasteiger partial charge on any atom is -0.369 e. The molecular formula is C20H24N4. The van der Waals surface area contributed by atoms with E-state index in [4.69, 9.17) is 10.1 Å². The van der Waals surface area contributed by atoms with Gasteiger partial charge in [0.05, 0.1) is 5.69 Å². The molecule has 0 amide bonds. The Morgan fingerprint density at radius 2 is 1.96 bits per heavy atom. The lowest BCUT2D eigenvalue weighted by molar-refractivity contribution is 0.682. The van der Waals surface area contributed by atoms with Crippen LogP contribution in [0.4, 0.5) is 5.82 Å². The molecule has 4 rings (SSSR count). The molecule has 0 saturated carbocycles. The van der Waals surface area contributed by atoms with Gasteiger partial charge in [-0.05, 0) is 37.7 Å². The Labute approximate surface area is 142 Å². The molecule has 3 aromatic rings. The van der Waals surface area contributed by atoms with Crippen molar-refractivity contribution in [1.82, 2.24) is 14.6 Å². The molecule has 0 spiro atoms. The predicted octanol–water partition coefficient (Wildman–Crippen LogP) is 4.26. The normalized spacial score (nSPS) is 13.7. The third kappa shape index (κ3) is 2.46. The third-order valence-electron chi connectivity index (χ3n) is 4.70. The van der Waals surface area contributed by atoms with Gasteiger partial charge in [0.2, 0.25) is 0 Å². The van der Waals surface area contributed by atoms with Gasteiger partial charge in [-0.1, -0.05) is 44.2 Å². The maximum absolute atomic E-state index is 5.00. The molecule has 1 aliphatic rings. The molecule has 24 heavy (non-hydrogen) atoms. The summed E-state index contributed by atoms with van der Waals surface area (Å²) in [5.41, 5.74) is 6.94. The number of hydrogen-bond donors (Lipinski definition) is 1. The van der Waals surface area contributed by atoms with Crippen molar-refractivity contribution in [3.05, 3.63) is 47.3 Å². The second-order valence-corrected chi connectivity index (χ2v) is 7.08. The van der Waals surface area contributed by atoms with Crippen molar-refractivity contribution >= 4 is 11.5 Å². The Morgan fingerprint density at radius 3 is 2.71 bits per heavy atom. The van der Waals surface area contributed by atoms with E-state index in [0.717, 1.165) is 42.1 Å². The summed E-state index contributed by atoms with van der Waals surface area (Å²) in [5.74, 6) is 1.74. The van der Waals surface area contributed by atoms with Gasteiger partial charge < -0.3 is 5.32 Å². The zero-order valence-corrected chi connectivity index (χ0v) is 14.6. The van der Waals surface area contributed by atoms with Crippen molar-refractivity contribution in [3.8, 4) is 11.1 Å². The lowest BCUT2D eigenvalue weighted by Gasteiger charge is -2.15. The summed E-state index contributed by atoms with van der Waals surface area (Å²) in [7, 11) is 0. The molecule has 0 atom stereocenters. The van der Waals surface area contributed by atoms with Crippen molar-refractivity contribution in [2.75, 3.05) is 11.9 Å². The fraction of sp³-hybridized carbons (Fsp3) is 0.400. The minimum absolute atomic E-state index is 0.593. The third-order valence-corrected chi connectivity index (χ3v) is 4.70. The Kier molecular flexibility index (Phi) is 3.75. The molecule has 4 nitrogen and oxygen atoms in total. The van der Waals surface area contributed by atoms with E-state index in [2.05, 4.69) is 50.4 Å². The zero-order valence-electron chi connectivity index (χ0n) is 14.6. The van der Waals surface area contributed by atoms with Gasteiger partial charge in [-0.15, -0.1) is 0 Å². The number of aryl methyl sites for hydroxylation is 2. The van der Waals surface area contributed by atoms with Gasteiger partial charge in [-0.3, -0.25) is 0 Å². The predicted molar refractivity (Wildman–Crippen MR) is 98.5 cm³/mol. The van der Waals surface area contributed by atoms with Crippen LogP contribution in [0, 0.1) is 12.8 Å². The van der Waals surface area contributed by atoms with Crippen molar-refractivity contribution in [2.45, 2.75) is 40.0 Å². The Bertz CT molecular complexity index is 878. The van der Waals surface area contributed by atoms with Crippen molar-refractivity contribution in [3.63, 3.8) is 0 Å². The molecule has 0 aliphatic heterocycles. The molecular weight excluding hydrogens is 296 g/mol. The van der Waals surface area contributed by atoms with Crippen LogP contribution in [-0.4, -0.2) is 21.1 Å². The smallest absolute Gasteiger partial charge is 0.165 e. The highest BCUT2D eigenvalue weighted by Gasteiger charge is 2.23. The molecule has 0 saturated heterocycles. The van der Waals surface area contributed by atoms with Crippen molar-refractivity contribution in [1.29, 1.82) is 0 Å². The average Bonchev–Trinajstić information content (AvgIpc) is 3.15. The second-order valence-electron chi connectivity index (χ2n) is 7.08. The van der Waals surface area contributed by atoms with Gasteiger partial charge in [0, 0.05) is 23.4 Å². The molecule has 2 heterocycles. The summed E-state index contributed by atoms with van der Waals surface area (Å²) in [4.78, 5) is 5.00. The first kappa shape index (κ1) is 15.2. The quantitative estimate of drug-likeness (QED) is 0.781. The standard InChI is InChI=1S/C20H24N4/c1-13(2)12-21-19-16-10-7-11-17(16)22-20-18(14(3)23-24(19)20)15-8-5-4-6-9-15/h4-6,8-9,13,21H,7,10-12H2,1-3H3. The largest absolute Gasteiger partial charge is 0.369 e. The summed E-state index contributed by atoms with van der Waals surface area (Å²) in [5, 5.41) is 8.48. The molecule has 1 N–H and O–H groups in total. The van der Waals surface area contributed by atoms with Crippen LogP contribution in [0.25, 0.3) is 16.8 Å². The maximum atomic E-state index is 5.00. The Morgan fingerprint density at radius 1 is 1.17 bits per heavy atom.